The van der Waals surface area contributed by atoms with E-state index >= 15 is 0 Å². The molecule has 2 aromatic heterocycles. The number of nitrogens with one attached hydrogen (secondary N) is 1. The van der Waals surface area contributed by atoms with Crippen molar-refractivity contribution in [2.45, 2.75) is 49.3 Å². The van der Waals surface area contributed by atoms with Crippen LogP contribution in [0.2, 0.25) is 0 Å². The zero-order valence-corrected chi connectivity index (χ0v) is 23.5. The first-order valence-electron chi connectivity index (χ1n) is 13.6. The molecular weight excluding hydrogens is 588 g/mol. The van der Waals surface area contributed by atoms with Crippen LogP contribution in [-0.4, -0.2) is 41.2 Å². The molecular formula is C31H26F4N2O5S. The van der Waals surface area contributed by atoms with E-state index in [1.165, 1.54) is 41.1 Å². The van der Waals surface area contributed by atoms with Crippen LogP contribution < -0.4 is 5.56 Å². The van der Waals surface area contributed by atoms with Gasteiger partial charge in [0.05, 0.1) is 30.5 Å². The van der Waals surface area contributed by atoms with Gasteiger partial charge in [-0.3, -0.25) is 9.59 Å². The minimum Gasteiger partial charge on any atom is -0.377 e. The summed E-state index contributed by atoms with van der Waals surface area (Å²) in [5.74, 6) is -1.74. The monoisotopic (exact) mass is 614 g/mol. The van der Waals surface area contributed by atoms with E-state index in [9.17, 15) is 35.6 Å². The Balaban J connectivity index is 1.59. The average Bonchev–Trinajstić information content (AvgIpc) is 3.90. The lowest BCUT2D eigenvalue weighted by molar-refractivity contribution is -0.137. The molecule has 0 spiro atoms. The van der Waals surface area contributed by atoms with Crippen molar-refractivity contribution in [1.82, 2.24) is 9.55 Å². The fraction of sp³-hybridized carbons (Fsp3) is 0.290. The van der Waals surface area contributed by atoms with E-state index in [0.717, 1.165) is 31.0 Å². The highest BCUT2D eigenvalue weighted by Gasteiger charge is 2.57. The van der Waals surface area contributed by atoms with Crippen molar-refractivity contribution < 1.29 is 35.5 Å². The van der Waals surface area contributed by atoms with E-state index in [2.05, 4.69) is 11.6 Å². The van der Waals surface area contributed by atoms with Gasteiger partial charge < -0.3 is 14.3 Å². The van der Waals surface area contributed by atoms with Crippen molar-refractivity contribution >= 4 is 26.5 Å². The van der Waals surface area contributed by atoms with E-state index in [0.29, 0.717) is 0 Å². The molecule has 0 bridgehead atoms. The maximum Gasteiger partial charge on any atom is 0.416 e. The van der Waals surface area contributed by atoms with Gasteiger partial charge in [-0.25, -0.2) is 12.8 Å². The maximum absolute atomic E-state index is 14.9. The molecule has 2 fully saturated rings. The molecule has 2 saturated carbocycles. The Morgan fingerprint density at radius 1 is 1.09 bits per heavy atom. The fourth-order valence-corrected chi connectivity index (χ4v) is 7.00. The molecule has 0 amide bonds. The van der Waals surface area contributed by atoms with Gasteiger partial charge in [-0.2, -0.15) is 13.2 Å². The van der Waals surface area contributed by atoms with Gasteiger partial charge in [-0.1, -0.05) is 24.8 Å². The normalized spacial score (nSPS) is 16.4. The first-order valence-corrected chi connectivity index (χ1v) is 15.1. The highest BCUT2D eigenvalue weighted by molar-refractivity contribution is 7.97. The zero-order chi connectivity index (χ0) is 30.7. The van der Waals surface area contributed by atoms with Gasteiger partial charge in [0, 0.05) is 33.8 Å². The number of benzene rings is 2. The lowest BCUT2D eigenvalue weighted by Crippen LogP contribution is -2.33. The van der Waals surface area contributed by atoms with Crippen LogP contribution in [-0.2, 0) is 27.3 Å². The van der Waals surface area contributed by atoms with Crippen LogP contribution in [0.25, 0.3) is 22.0 Å². The third-order valence-electron chi connectivity index (χ3n) is 8.04. The van der Waals surface area contributed by atoms with E-state index in [1.807, 2.05) is 0 Å². The predicted octanol–water partition coefficient (Wildman–Crippen LogP) is 6.03. The quantitative estimate of drug-likeness (QED) is 0.134. The predicted molar refractivity (Wildman–Crippen MR) is 152 cm³/mol. The van der Waals surface area contributed by atoms with Gasteiger partial charge in [0.15, 0.2) is 9.84 Å². The molecule has 2 aromatic carbocycles. The van der Waals surface area contributed by atoms with Crippen LogP contribution in [0.1, 0.15) is 47.3 Å². The van der Waals surface area contributed by atoms with Crippen LogP contribution >= 0.6 is 0 Å². The van der Waals surface area contributed by atoms with Crippen molar-refractivity contribution in [2.24, 2.45) is 0 Å². The molecule has 43 heavy (non-hydrogen) atoms. The summed E-state index contributed by atoms with van der Waals surface area (Å²) in [4.78, 5) is 29.0. The number of rotatable bonds is 10. The molecule has 2 aliphatic carbocycles. The molecule has 0 saturated heterocycles. The number of pyridine rings is 1. The zero-order valence-electron chi connectivity index (χ0n) is 22.7. The highest BCUT2D eigenvalue weighted by Crippen LogP contribution is 2.49. The Morgan fingerprint density at radius 3 is 2.44 bits per heavy atom. The van der Waals surface area contributed by atoms with Crippen LogP contribution in [0, 0.1) is 5.82 Å². The Morgan fingerprint density at radius 2 is 1.81 bits per heavy atom. The third kappa shape index (κ3) is 5.12. The number of allylic oxidation sites excluding steroid dienone is 1. The molecule has 0 atom stereocenters. The lowest BCUT2D eigenvalue weighted by Gasteiger charge is -2.19. The SMILES string of the molecule is C=C(C(=O)c1c(-c2ccc[nH]c2=O)c2cc(C(F)(F)F)ccc2n1Cc1ccccc1F)S(=O)(=O)C1(COC2CC2)CC1. The minimum absolute atomic E-state index is 0.0285. The smallest absolute Gasteiger partial charge is 0.377 e. The van der Waals surface area contributed by atoms with Gasteiger partial charge in [0.25, 0.3) is 5.56 Å². The summed E-state index contributed by atoms with van der Waals surface area (Å²) < 4.78 is 89.7. The van der Waals surface area contributed by atoms with E-state index in [4.69, 9.17) is 4.74 Å². The second-order valence-corrected chi connectivity index (χ2v) is 13.4. The Bertz CT molecular complexity index is 1950. The number of hydrogen-bond acceptors (Lipinski definition) is 5. The first-order chi connectivity index (χ1) is 20.3. The van der Waals surface area contributed by atoms with Gasteiger partial charge in [0.2, 0.25) is 5.78 Å². The van der Waals surface area contributed by atoms with Crippen molar-refractivity contribution in [2.75, 3.05) is 6.61 Å². The van der Waals surface area contributed by atoms with E-state index in [-0.39, 0.29) is 65.4 Å². The van der Waals surface area contributed by atoms with Gasteiger partial charge in [0.1, 0.15) is 15.5 Å². The second-order valence-electron chi connectivity index (χ2n) is 11.0. The number of carbonyl (C=O) groups excluding carboxylic acids is 1. The largest absolute Gasteiger partial charge is 0.416 e. The number of halogens is 4. The number of fused-ring (bicyclic) bond motifs is 1. The summed E-state index contributed by atoms with van der Waals surface area (Å²) in [5.41, 5.74) is -2.36. The second kappa shape index (κ2) is 10.3. The molecule has 224 valence electrons. The van der Waals surface area contributed by atoms with Crippen LogP contribution in [0.15, 0.2) is 77.1 Å². The molecule has 4 aromatic rings. The molecule has 2 aliphatic rings. The number of hydrogen-bond donors (Lipinski definition) is 1. The molecule has 12 heteroatoms. The first kappa shape index (κ1) is 29.1. The molecule has 0 unspecified atom stereocenters. The molecule has 0 radical (unpaired) electrons. The fourth-order valence-electron chi connectivity index (χ4n) is 5.27. The van der Waals surface area contributed by atoms with Crippen molar-refractivity contribution in [3.63, 3.8) is 0 Å². The Labute approximate surface area is 243 Å². The summed E-state index contributed by atoms with van der Waals surface area (Å²) in [7, 11) is -4.34. The van der Waals surface area contributed by atoms with Crippen molar-refractivity contribution in [3.05, 3.63) is 105 Å². The highest BCUT2D eigenvalue weighted by atomic mass is 32.2. The Kier molecular flexibility index (Phi) is 6.96. The topological polar surface area (TPSA) is 98.2 Å². The summed E-state index contributed by atoms with van der Waals surface area (Å²) in [6.45, 7) is 3.21. The maximum atomic E-state index is 14.9. The van der Waals surface area contributed by atoms with Gasteiger partial charge >= 0.3 is 6.18 Å². The summed E-state index contributed by atoms with van der Waals surface area (Å²) >= 11 is 0. The standard InChI is InChI=1S/C31H26F4N2O5S/c1-18(43(40,41)30(12-13-30)17-42-21-9-10-21)28(38)27-26(22-6-4-14-36-29(22)39)23-15-20(31(33,34)35)8-11-25(23)37(27)16-19-5-2-3-7-24(19)32/h2-8,11,14-15,21H,1,9-10,12-13,16-17H2,(H,36,39). The molecule has 6 rings (SSSR count). The van der Waals surface area contributed by atoms with Crippen LogP contribution in [0.3, 0.4) is 0 Å². The number of alkyl halides is 3. The van der Waals surface area contributed by atoms with Gasteiger partial charge in [-0.15, -0.1) is 0 Å². The van der Waals surface area contributed by atoms with Crippen LogP contribution in [0.5, 0.6) is 0 Å². The number of H-pyrrole nitrogens is 1. The number of ketones is 1. The lowest BCUT2D eigenvalue weighted by atomic mass is 10.00. The Hall–Kier alpha value is -4.03. The number of aromatic amines is 1. The van der Waals surface area contributed by atoms with E-state index < -0.39 is 48.4 Å². The molecule has 7 nitrogen and oxygen atoms in total. The minimum atomic E-state index is -4.76. The number of sulfone groups is 1. The summed E-state index contributed by atoms with van der Waals surface area (Å²) in [5, 5.41) is -0.130. The number of Topliss-reactive ketones (excluding diaryl/α,β-unsaturated/α-hetero) is 1. The summed E-state index contributed by atoms with van der Waals surface area (Å²) in [6, 6.07) is 11.1. The van der Waals surface area contributed by atoms with E-state index in [1.54, 1.807) is 6.07 Å². The summed E-state index contributed by atoms with van der Waals surface area (Å²) in [6.07, 6.45) is -1.33. The molecule has 0 aliphatic heterocycles. The van der Waals surface area contributed by atoms with Gasteiger partial charge in [-0.05, 0) is 62.1 Å². The molecule has 2 heterocycles. The number of aromatic nitrogens is 2. The number of nitrogens with zero attached hydrogens (tertiary/aromatic N) is 1. The van der Waals surface area contributed by atoms with Crippen molar-refractivity contribution in [3.8, 4) is 11.1 Å². The van der Waals surface area contributed by atoms with Crippen molar-refractivity contribution in [1.29, 1.82) is 0 Å². The molecule has 1 N–H and O–H groups in total. The number of ether oxygens (including phenoxy) is 1. The van der Waals surface area contributed by atoms with Crippen LogP contribution in [0.4, 0.5) is 17.6 Å². The number of carbonyl (C=O) groups is 1. The third-order valence-corrected chi connectivity index (χ3v) is 10.5. The average molecular weight is 615 g/mol.